The first-order valence-electron chi connectivity index (χ1n) is 11.1. The Morgan fingerprint density at radius 1 is 1.14 bits per heavy atom. The molecular formula is C26H27BrN4O4. The zero-order chi connectivity index (χ0) is 24.8. The molecule has 0 bridgehead atoms. The van der Waals surface area contributed by atoms with Gasteiger partial charge in [-0.2, -0.15) is 5.10 Å². The third kappa shape index (κ3) is 6.39. The number of nitrogens with one attached hydrogen (secondary N) is 3. The maximum atomic E-state index is 12.5. The highest BCUT2D eigenvalue weighted by molar-refractivity contribution is 9.10. The van der Waals surface area contributed by atoms with Crippen LogP contribution in [-0.2, 0) is 11.4 Å². The molecule has 1 heterocycles. The molecular weight excluding hydrogens is 512 g/mol. The van der Waals surface area contributed by atoms with Gasteiger partial charge in [-0.15, -0.1) is 0 Å². The minimum Gasteiger partial charge on any atom is -0.507 e. The van der Waals surface area contributed by atoms with Gasteiger partial charge in [-0.1, -0.05) is 51.8 Å². The summed E-state index contributed by atoms with van der Waals surface area (Å²) in [5.41, 5.74) is 12.4. The van der Waals surface area contributed by atoms with E-state index in [2.05, 4.69) is 56.4 Å². The molecule has 0 aliphatic carbocycles. The number of carbonyl (C=O) groups excluding carboxylic acids is 1. The van der Waals surface area contributed by atoms with Crippen LogP contribution in [0.3, 0.4) is 0 Å². The van der Waals surface area contributed by atoms with Crippen molar-refractivity contribution < 1.29 is 19.4 Å². The molecule has 1 aliphatic rings. The van der Waals surface area contributed by atoms with Crippen LogP contribution in [0, 0.1) is 6.92 Å². The predicted octanol–water partition coefficient (Wildman–Crippen LogP) is 4.11. The van der Waals surface area contributed by atoms with Gasteiger partial charge in [0, 0.05) is 16.1 Å². The zero-order valence-electron chi connectivity index (χ0n) is 19.4. The van der Waals surface area contributed by atoms with Crippen LogP contribution >= 0.6 is 15.9 Å². The van der Waals surface area contributed by atoms with E-state index >= 15 is 0 Å². The fraction of sp³-hybridized carbons (Fsp3) is 0.231. The smallest absolute Gasteiger partial charge is 0.258 e. The summed E-state index contributed by atoms with van der Waals surface area (Å²) in [5.74, 6) is 1.08. The predicted molar refractivity (Wildman–Crippen MR) is 137 cm³/mol. The molecule has 1 aliphatic heterocycles. The van der Waals surface area contributed by atoms with Crippen LogP contribution in [0.15, 0.2) is 70.2 Å². The Bertz CT molecular complexity index is 1220. The molecule has 1 saturated heterocycles. The minimum absolute atomic E-state index is 0.0761. The molecule has 0 spiro atoms. The molecule has 4 rings (SSSR count). The lowest BCUT2D eigenvalue weighted by molar-refractivity contribution is -0.122. The van der Waals surface area contributed by atoms with Gasteiger partial charge in [0.25, 0.3) is 5.91 Å². The van der Waals surface area contributed by atoms with E-state index in [1.807, 2.05) is 30.3 Å². The van der Waals surface area contributed by atoms with Crippen LogP contribution in [0.5, 0.6) is 17.2 Å². The van der Waals surface area contributed by atoms with Gasteiger partial charge in [0.2, 0.25) is 0 Å². The van der Waals surface area contributed by atoms with Crippen molar-refractivity contribution >= 4 is 28.1 Å². The molecule has 1 amide bonds. The second-order valence-electron chi connectivity index (χ2n) is 8.25. The van der Waals surface area contributed by atoms with Gasteiger partial charge in [0.05, 0.1) is 13.3 Å². The van der Waals surface area contributed by atoms with Crippen molar-refractivity contribution in [3.8, 4) is 17.2 Å². The SMILES string of the molecule is COc1cc(C2CC(C(=O)N/N=C/c3cc(Br)ccc3O)NN2)ccc1OCc1ccc(C)cc1. The van der Waals surface area contributed by atoms with Crippen molar-refractivity contribution in [3.63, 3.8) is 0 Å². The zero-order valence-corrected chi connectivity index (χ0v) is 21.0. The van der Waals surface area contributed by atoms with Gasteiger partial charge in [0.15, 0.2) is 11.5 Å². The van der Waals surface area contributed by atoms with Crippen LogP contribution < -0.4 is 25.8 Å². The van der Waals surface area contributed by atoms with E-state index in [1.165, 1.54) is 11.8 Å². The Morgan fingerprint density at radius 2 is 1.94 bits per heavy atom. The summed E-state index contributed by atoms with van der Waals surface area (Å²) < 4.78 is 12.3. The average molecular weight is 539 g/mol. The van der Waals surface area contributed by atoms with Crippen molar-refractivity contribution in [3.05, 3.63) is 87.4 Å². The summed E-state index contributed by atoms with van der Waals surface area (Å²) in [5, 5.41) is 13.8. The number of hydrogen-bond acceptors (Lipinski definition) is 7. The van der Waals surface area contributed by atoms with Gasteiger partial charge >= 0.3 is 0 Å². The average Bonchev–Trinajstić information content (AvgIpc) is 3.36. The number of methoxy groups -OCH3 is 1. The summed E-state index contributed by atoms with van der Waals surface area (Å²) in [4.78, 5) is 12.5. The van der Waals surface area contributed by atoms with Crippen molar-refractivity contribution in [2.45, 2.75) is 32.0 Å². The quantitative estimate of drug-likeness (QED) is 0.254. The largest absolute Gasteiger partial charge is 0.507 e. The fourth-order valence-corrected chi connectivity index (χ4v) is 4.06. The first-order chi connectivity index (χ1) is 16.9. The number of halogens is 1. The Morgan fingerprint density at radius 3 is 2.71 bits per heavy atom. The van der Waals surface area contributed by atoms with Gasteiger partial charge in [-0.25, -0.2) is 16.3 Å². The van der Waals surface area contributed by atoms with Gasteiger partial charge in [-0.05, 0) is 54.8 Å². The number of hydrazine groups is 1. The number of ether oxygens (including phenoxy) is 2. The number of carbonyl (C=O) groups is 1. The molecule has 1 fully saturated rings. The molecule has 182 valence electrons. The third-order valence-electron chi connectivity index (χ3n) is 5.69. The highest BCUT2D eigenvalue weighted by Gasteiger charge is 2.30. The number of aromatic hydroxyl groups is 1. The number of aryl methyl sites for hydroxylation is 1. The Labute approximate surface area is 212 Å². The lowest BCUT2D eigenvalue weighted by Gasteiger charge is -2.15. The molecule has 3 aromatic carbocycles. The Kier molecular flexibility index (Phi) is 8.02. The third-order valence-corrected chi connectivity index (χ3v) is 6.19. The number of phenolic OH excluding ortho intramolecular Hbond substituents is 1. The Hall–Kier alpha value is -3.40. The van der Waals surface area contributed by atoms with E-state index in [0.29, 0.717) is 30.1 Å². The van der Waals surface area contributed by atoms with E-state index in [0.717, 1.165) is 15.6 Å². The van der Waals surface area contributed by atoms with Crippen LogP contribution in [0.25, 0.3) is 0 Å². The second-order valence-corrected chi connectivity index (χ2v) is 9.17. The lowest BCUT2D eigenvalue weighted by Crippen LogP contribution is -2.41. The van der Waals surface area contributed by atoms with E-state index < -0.39 is 6.04 Å². The van der Waals surface area contributed by atoms with Crippen LogP contribution in [0.2, 0.25) is 0 Å². The number of amides is 1. The standard InChI is InChI=1S/C26H27BrN4O4/c1-16-3-5-17(6-4-16)15-35-24-10-7-18(12-25(24)34-2)21-13-22(30-29-21)26(33)31-28-14-19-11-20(27)8-9-23(19)32/h3-12,14,21-22,29-30,32H,13,15H2,1-2H3,(H,31,33)/b28-14+. The number of nitrogens with zero attached hydrogens (tertiary/aromatic N) is 1. The monoisotopic (exact) mass is 538 g/mol. The molecule has 2 unspecified atom stereocenters. The number of rotatable bonds is 8. The van der Waals surface area contributed by atoms with Crippen LogP contribution in [0.1, 0.15) is 34.7 Å². The number of phenols is 1. The maximum absolute atomic E-state index is 12.5. The summed E-state index contributed by atoms with van der Waals surface area (Å²) in [7, 11) is 1.61. The highest BCUT2D eigenvalue weighted by atomic mass is 79.9. The van der Waals surface area contributed by atoms with Gasteiger partial charge < -0.3 is 14.6 Å². The van der Waals surface area contributed by atoms with E-state index in [-0.39, 0.29) is 17.7 Å². The summed E-state index contributed by atoms with van der Waals surface area (Å²) in [6.07, 6.45) is 1.92. The van der Waals surface area contributed by atoms with Crippen LogP contribution in [0.4, 0.5) is 0 Å². The molecule has 8 nitrogen and oxygen atoms in total. The van der Waals surface area contributed by atoms with E-state index in [1.54, 1.807) is 25.3 Å². The van der Waals surface area contributed by atoms with Gasteiger partial charge in [0.1, 0.15) is 18.4 Å². The molecule has 0 aromatic heterocycles. The summed E-state index contributed by atoms with van der Waals surface area (Å²) in [6, 6.07) is 18.4. The second kappa shape index (κ2) is 11.4. The fourth-order valence-electron chi connectivity index (χ4n) is 3.68. The maximum Gasteiger partial charge on any atom is 0.258 e. The molecule has 35 heavy (non-hydrogen) atoms. The van der Waals surface area contributed by atoms with Crippen molar-refractivity contribution in [1.82, 2.24) is 16.3 Å². The highest BCUT2D eigenvalue weighted by Crippen LogP contribution is 2.33. The minimum atomic E-state index is -0.475. The summed E-state index contributed by atoms with van der Waals surface area (Å²) >= 11 is 3.34. The van der Waals surface area contributed by atoms with Crippen LogP contribution in [-0.4, -0.2) is 30.4 Å². The number of hydrogen-bond donors (Lipinski definition) is 4. The first kappa shape index (κ1) is 24.7. The molecule has 2 atom stereocenters. The number of hydrazone groups is 1. The van der Waals surface area contributed by atoms with Crippen molar-refractivity contribution in [2.24, 2.45) is 5.10 Å². The topological polar surface area (TPSA) is 104 Å². The molecule has 3 aromatic rings. The normalized spacial score (nSPS) is 17.5. The van der Waals surface area contributed by atoms with E-state index in [4.69, 9.17) is 9.47 Å². The van der Waals surface area contributed by atoms with Crippen molar-refractivity contribution in [2.75, 3.05) is 7.11 Å². The van der Waals surface area contributed by atoms with E-state index in [9.17, 15) is 9.90 Å². The molecule has 9 heteroatoms. The Balaban J connectivity index is 1.34. The summed E-state index contributed by atoms with van der Waals surface area (Å²) in [6.45, 7) is 2.50. The molecule has 4 N–H and O–H groups in total. The van der Waals surface area contributed by atoms with Gasteiger partial charge in [-0.3, -0.25) is 4.79 Å². The lowest BCUT2D eigenvalue weighted by atomic mass is 10.0. The first-order valence-corrected chi connectivity index (χ1v) is 11.9. The molecule has 0 radical (unpaired) electrons. The number of benzene rings is 3. The van der Waals surface area contributed by atoms with Crippen molar-refractivity contribution in [1.29, 1.82) is 0 Å². The molecule has 0 saturated carbocycles.